The average molecular weight is 397 g/mol. The highest BCUT2D eigenvalue weighted by Crippen LogP contribution is 2.23. The number of para-hydroxylation sites is 1. The van der Waals surface area contributed by atoms with E-state index in [9.17, 15) is 9.59 Å². The fourth-order valence-electron chi connectivity index (χ4n) is 3.61. The van der Waals surface area contributed by atoms with E-state index in [-0.39, 0.29) is 23.5 Å². The topological polar surface area (TPSA) is 75.5 Å². The number of pyridine rings is 1. The van der Waals surface area contributed by atoms with Gasteiger partial charge in [0.25, 0.3) is 11.8 Å². The Morgan fingerprint density at radius 3 is 2.54 bits per heavy atom. The van der Waals surface area contributed by atoms with E-state index in [2.05, 4.69) is 15.6 Å². The van der Waals surface area contributed by atoms with Crippen molar-refractivity contribution in [2.24, 2.45) is 0 Å². The lowest BCUT2D eigenvalue weighted by molar-refractivity contribution is 0.0916. The van der Waals surface area contributed by atoms with Crippen molar-refractivity contribution in [1.29, 1.82) is 0 Å². The first-order valence-corrected chi connectivity index (χ1v) is 9.85. The van der Waals surface area contributed by atoms with Crippen LogP contribution in [0, 0.1) is 0 Å². The van der Waals surface area contributed by atoms with Crippen LogP contribution in [0.15, 0.2) is 48.7 Å². The molecule has 6 nitrogen and oxygen atoms in total. The van der Waals surface area contributed by atoms with Crippen LogP contribution in [0.4, 0.5) is 5.69 Å². The van der Waals surface area contributed by atoms with Gasteiger partial charge in [0.15, 0.2) is 5.69 Å². The van der Waals surface area contributed by atoms with Crippen LogP contribution >= 0.6 is 11.6 Å². The number of aromatic nitrogens is 2. The summed E-state index contributed by atoms with van der Waals surface area (Å²) >= 11 is 6.13. The van der Waals surface area contributed by atoms with Crippen molar-refractivity contribution in [2.45, 2.75) is 38.1 Å². The van der Waals surface area contributed by atoms with E-state index in [1.165, 1.54) is 6.42 Å². The summed E-state index contributed by atoms with van der Waals surface area (Å²) in [6, 6.07) is 12.5. The largest absolute Gasteiger partial charge is 0.347 e. The molecular formula is C21H21ClN4O2. The molecule has 1 aromatic carbocycles. The third-order valence-electron chi connectivity index (χ3n) is 5.03. The van der Waals surface area contributed by atoms with Gasteiger partial charge in [-0.05, 0) is 37.1 Å². The van der Waals surface area contributed by atoms with Gasteiger partial charge in [0.05, 0.1) is 16.2 Å². The van der Waals surface area contributed by atoms with E-state index in [1.807, 2.05) is 12.1 Å². The number of carbonyl (C=O) groups is 2. The van der Waals surface area contributed by atoms with E-state index >= 15 is 0 Å². The molecule has 0 atom stereocenters. The molecule has 2 aromatic heterocycles. The zero-order valence-corrected chi connectivity index (χ0v) is 16.1. The predicted octanol–water partition coefficient (Wildman–Crippen LogP) is 4.30. The standard InChI is InChI=1S/C21H21ClN4O2/c22-15-10-4-5-11-16(15)24-20(27)18-17-12-6-7-13-26(17)19(25-18)21(28)23-14-8-2-1-3-9-14/h4-7,10-14H,1-3,8-9H2,(H,23,28)(H,24,27). The number of rotatable bonds is 4. The molecule has 3 aromatic rings. The van der Waals surface area contributed by atoms with Gasteiger partial charge < -0.3 is 10.6 Å². The zero-order chi connectivity index (χ0) is 19.5. The van der Waals surface area contributed by atoms with Crippen LogP contribution in [-0.2, 0) is 0 Å². The van der Waals surface area contributed by atoms with Crippen LogP contribution in [0.5, 0.6) is 0 Å². The molecule has 0 saturated heterocycles. The Morgan fingerprint density at radius 2 is 1.75 bits per heavy atom. The Balaban J connectivity index is 1.63. The Kier molecular flexibility index (Phi) is 5.30. The molecule has 0 bridgehead atoms. The van der Waals surface area contributed by atoms with Gasteiger partial charge >= 0.3 is 0 Å². The number of nitrogens with zero attached hydrogens (tertiary/aromatic N) is 2. The van der Waals surface area contributed by atoms with Gasteiger partial charge in [0, 0.05) is 12.2 Å². The van der Waals surface area contributed by atoms with Gasteiger partial charge in [-0.25, -0.2) is 4.98 Å². The molecule has 144 valence electrons. The quantitative estimate of drug-likeness (QED) is 0.690. The van der Waals surface area contributed by atoms with Crippen molar-refractivity contribution in [3.05, 3.63) is 65.2 Å². The van der Waals surface area contributed by atoms with E-state index in [4.69, 9.17) is 11.6 Å². The fraction of sp³-hybridized carbons (Fsp3) is 0.286. The second kappa shape index (κ2) is 8.02. The van der Waals surface area contributed by atoms with Gasteiger partial charge in [-0.15, -0.1) is 0 Å². The molecule has 0 spiro atoms. The van der Waals surface area contributed by atoms with E-state index < -0.39 is 5.91 Å². The summed E-state index contributed by atoms with van der Waals surface area (Å²) in [6.07, 6.45) is 7.16. The number of halogens is 1. The number of benzene rings is 1. The van der Waals surface area contributed by atoms with Gasteiger partial charge in [0.1, 0.15) is 0 Å². The Labute approximate surface area is 167 Å². The highest BCUT2D eigenvalue weighted by atomic mass is 35.5. The van der Waals surface area contributed by atoms with Crippen molar-refractivity contribution in [3.8, 4) is 0 Å². The highest BCUT2D eigenvalue weighted by molar-refractivity contribution is 6.34. The Bertz CT molecular complexity index is 1020. The molecule has 1 aliphatic rings. The minimum Gasteiger partial charge on any atom is -0.347 e. The molecule has 0 radical (unpaired) electrons. The summed E-state index contributed by atoms with van der Waals surface area (Å²) in [5.41, 5.74) is 1.26. The van der Waals surface area contributed by atoms with Crippen molar-refractivity contribution >= 4 is 34.6 Å². The van der Waals surface area contributed by atoms with Crippen molar-refractivity contribution in [3.63, 3.8) is 0 Å². The number of imidazole rings is 1. The van der Waals surface area contributed by atoms with Crippen LogP contribution in [-0.4, -0.2) is 27.2 Å². The number of amides is 2. The summed E-state index contributed by atoms with van der Waals surface area (Å²) < 4.78 is 1.65. The number of hydrogen-bond donors (Lipinski definition) is 2. The first-order valence-electron chi connectivity index (χ1n) is 9.47. The van der Waals surface area contributed by atoms with Crippen molar-refractivity contribution < 1.29 is 9.59 Å². The molecule has 2 amide bonds. The molecule has 28 heavy (non-hydrogen) atoms. The van der Waals surface area contributed by atoms with Crippen LogP contribution in [0.2, 0.25) is 5.02 Å². The third kappa shape index (κ3) is 3.73. The molecular weight excluding hydrogens is 376 g/mol. The van der Waals surface area contributed by atoms with Crippen LogP contribution in [0.25, 0.3) is 5.52 Å². The highest BCUT2D eigenvalue weighted by Gasteiger charge is 2.24. The SMILES string of the molecule is O=C(Nc1ccccc1Cl)c1nc(C(=O)NC2CCCCC2)n2ccccc12. The number of nitrogens with one attached hydrogen (secondary N) is 2. The van der Waals surface area contributed by atoms with Crippen LogP contribution in [0.1, 0.15) is 53.2 Å². The van der Waals surface area contributed by atoms with E-state index in [0.717, 1.165) is 25.7 Å². The lowest BCUT2D eigenvalue weighted by Crippen LogP contribution is -2.37. The minimum atomic E-state index is -0.409. The maximum atomic E-state index is 12.8. The van der Waals surface area contributed by atoms with Gasteiger partial charge in [0.2, 0.25) is 5.82 Å². The summed E-state index contributed by atoms with van der Waals surface area (Å²) in [5.74, 6) is -0.455. The fourth-order valence-corrected chi connectivity index (χ4v) is 3.79. The van der Waals surface area contributed by atoms with Crippen LogP contribution < -0.4 is 10.6 Å². The van der Waals surface area contributed by atoms with Gasteiger partial charge in [-0.2, -0.15) is 0 Å². The molecule has 1 aliphatic carbocycles. The monoisotopic (exact) mass is 396 g/mol. The predicted molar refractivity (Wildman–Crippen MR) is 109 cm³/mol. The second-order valence-corrected chi connectivity index (χ2v) is 7.39. The molecule has 0 aliphatic heterocycles. The summed E-state index contributed by atoms with van der Waals surface area (Å²) in [7, 11) is 0. The van der Waals surface area contributed by atoms with E-state index in [0.29, 0.717) is 16.2 Å². The van der Waals surface area contributed by atoms with Crippen molar-refractivity contribution in [1.82, 2.24) is 14.7 Å². The lowest BCUT2D eigenvalue weighted by Gasteiger charge is -2.22. The first kappa shape index (κ1) is 18.5. The lowest BCUT2D eigenvalue weighted by atomic mass is 9.95. The molecule has 0 unspecified atom stereocenters. The first-order chi connectivity index (χ1) is 13.6. The van der Waals surface area contributed by atoms with Crippen LogP contribution in [0.3, 0.4) is 0 Å². The molecule has 1 saturated carbocycles. The molecule has 2 heterocycles. The number of anilines is 1. The average Bonchev–Trinajstić information content (AvgIpc) is 3.10. The third-order valence-corrected chi connectivity index (χ3v) is 5.36. The summed E-state index contributed by atoms with van der Waals surface area (Å²) in [6.45, 7) is 0. The Hall–Kier alpha value is -2.86. The summed E-state index contributed by atoms with van der Waals surface area (Å²) in [5, 5.41) is 6.28. The van der Waals surface area contributed by atoms with Gasteiger partial charge in [-0.1, -0.05) is 49.1 Å². The maximum Gasteiger partial charge on any atom is 0.287 e. The summed E-state index contributed by atoms with van der Waals surface area (Å²) in [4.78, 5) is 30.0. The van der Waals surface area contributed by atoms with E-state index in [1.54, 1.807) is 40.9 Å². The smallest absolute Gasteiger partial charge is 0.287 e. The number of hydrogen-bond acceptors (Lipinski definition) is 3. The molecule has 2 N–H and O–H groups in total. The normalized spacial score (nSPS) is 14.8. The number of carbonyl (C=O) groups excluding carboxylic acids is 2. The molecule has 1 fully saturated rings. The van der Waals surface area contributed by atoms with Crippen molar-refractivity contribution in [2.75, 3.05) is 5.32 Å². The second-order valence-electron chi connectivity index (χ2n) is 6.98. The number of fused-ring (bicyclic) bond motifs is 1. The maximum absolute atomic E-state index is 12.8. The molecule has 7 heteroatoms. The zero-order valence-electron chi connectivity index (χ0n) is 15.3. The van der Waals surface area contributed by atoms with Gasteiger partial charge in [-0.3, -0.25) is 14.0 Å². The Morgan fingerprint density at radius 1 is 1.00 bits per heavy atom. The minimum absolute atomic E-state index is 0.165. The molecule has 4 rings (SSSR count).